The van der Waals surface area contributed by atoms with E-state index < -0.39 is 5.97 Å². The van der Waals surface area contributed by atoms with Gasteiger partial charge < -0.3 is 10.0 Å². The minimum Gasteiger partial charge on any atom is -0.481 e. The highest BCUT2D eigenvalue weighted by molar-refractivity contribution is 5.76. The lowest BCUT2D eigenvalue weighted by Gasteiger charge is -2.32. The summed E-state index contributed by atoms with van der Waals surface area (Å²) < 4.78 is 0. The van der Waals surface area contributed by atoms with Crippen LogP contribution in [-0.4, -0.2) is 35.0 Å². The van der Waals surface area contributed by atoms with E-state index in [-0.39, 0.29) is 12.3 Å². The number of nitrogens with zero attached hydrogens (tertiary/aromatic N) is 1. The Bertz CT molecular complexity index is 524. The van der Waals surface area contributed by atoms with E-state index in [4.69, 9.17) is 5.11 Å². The Kier molecular flexibility index (Phi) is 6.63. The van der Waals surface area contributed by atoms with Crippen LogP contribution < -0.4 is 0 Å². The van der Waals surface area contributed by atoms with Crippen molar-refractivity contribution in [2.75, 3.05) is 13.1 Å². The lowest BCUT2D eigenvalue weighted by Crippen LogP contribution is -2.40. The van der Waals surface area contributed by atoms with Crippen molar-refractivity contribution in [3.63, 3.8) is 0 Å². The van der Waals surface area contributed by atoms with Gasteiger partial charge >= 0.3 is 5.97 Å². The molecule has 126 valence electrons. The number of hydrogen-bond donors (Lipinski definition) is 1. The maximum absolute atomic E-state index is 12.4. The second kappa shape index (κ2) is 8.70. The number of amides is 1. The molecule has 4 nitrogen and oxygen atoms in total. The van der Waals surface area contributed by atoms with E-state index in [0.29, 0.717) is 18.8 Å². The quantitative estimate of drug-likeness (QED) is 0.839. The predicted octanol–water partition coefficient (Wildman–Crippen LogP) is 3.29. The van der Waals surface area contributed by atoms with Gasteiger partial charge in [-0.25, -0.2) is 0 Å². The SMILES string of the molecule is CCc1ccc(CCC(=O)N2CCCC(CCC(=O)O)C2)cc1. The van der Waals surface area contributed by atoms with Crippen molar-refractivity contribution in [3.8, 4) is 0 Å². The number of aliphatic carboxylic acids is 1. The summed E-state index contributed by atoms with van der Waals surface area (Å²) in [7, 11) is 0. The highest BCUT2D eigenvalue weighted by Gasteiger charge is 2.23. The number of carbonyl (C=O) groups is 2. The average molecular weight is 317 g/mol. The molecule has 1 aliphatic heterocycles. The monoisotopic (exact) mass is 317 g/mol. The minimum atomic E-state index is -0.746. The molecule has 1 aromatic carbocycles. The summed E-state index contributed by atoms with van der Waals surface area (Å²) in [4.78, 5) is 25.0. The lowest BCUT2D eigenvalue weighted by molar-refractivity contribution is -0.137. The van der Waals surface area contributed by atoms with E-state index in [1.54, 1.807) is 0 Å². The van der Waals surface area contributed by atoms with E-state index in [1.807, 2.05) is 4.90 Å². The van der Waals surface area contributed by atoms with Gasteiger partial charge in [0.25, 0.3) is 0 Å². The van der Waals surface area contributed by atoms with Gasteiger partial charge in [0.2, 0.25) is 5.91 Å². The largest absolute Gasteiger partial charge is 0.481 e. The van der Waals surface area contributed by atoms with E-state index in [1.165, 1.54) is 11.1 Å². The van der Waals surface area contributed by atoms with Crippen LogP contribution in [0.15, 0.2) is 24.3 Å². The summed E-state index contributed by atoms with van der Waals surface area (Å²) >= 11 is 0. The van der Waals surface area contributed by atoms with Gasteiger partial charge in [-0.2, -0.15) is 0 Å². The predicted molar refractivity (Wildman–Crippen MR) is 90.3 cm³/mol. The van der Waals surface area contributed by atoms with Crippen LogP contribution >= 0.6 is 0 Å². The third-order valence-electron chi connectivity index (χ3n) is 4.70. The molecule has 0 aliphatic carbocycles. The molecule has 2 rings (SSSR count). The van der Waals surface area contributed by atoms with Gasteiger partial charge in [0, 0.05) is 25.9 Å². The van der Waals surface area contributed by atoms with E-state index in [0.717, 1.165) is 38.8 Å². The molecule has 1 atom stereocenters. The number of benzene rings is 1. The molecule has 1 aliphatic rings. The Balaban J connectivity index is 1.78. The van der Waals surface area contributed by atoms with Crippen molar-refractivity contribution in [2.45, 2.75) is 51.9 Å². The van der Waals surface area contributed by atoms with Gasteiger partial charge in [-0.3, -0.25) is 9.59 Å². The fraction of sp³-hybridized carbons (Fsp3) is 0.579. The van der Waals surface area contributed by atoms with Crippen LogP contribution in [0, 0.1) is 5.92 Å². The Labute approximate surface area is 138 Å². The minimum absolute atomic E-state index is 0.199. The first-order chi connectivity index (χ1) is 11.1. The normalized spacial score (nSPS) is 18.0. The van der Waals surface area contributed by atoms with Crippen molar-refractivity contribution >= 4 is 11.9 Å². The fourth-order valence-corrected chi connectivity index (χ4v) is 3.21. The Morgan fingerprint density at radius 2 is 1.87 bits per heavy atom. The molecule has 23 heavy (non-hydrogen) atoms. The molecular weight excluding hydrogens is 290 g/mol. The standard InChI is InChI=1S/C19H27NO3/c1-2-15-5-7-16(8-6-15)9-11-18(21)20-13-3-4-17(14-20)10-12-19(22)23/h5-8,17H,2-4,9-14H2,1H3,(H,22,23). The molecule has 1 saturated heterocycles. The van der Waals surface area contributed by atoms with Crippen molar-refractivity contribution in [2.24, 2.45) is 5.92 Å². The van der Waals surface area contributed by atoms with E-state index in [2.05, 4.69) is 31.2 Å². The van der Waals surface area contributed by atoms with Gasteiger partial charge in [-0.05, 0) is 49.1 Å². The Morgan fingerprint density at radius 3 is 2.52 bits per heavy atom. The maximum atomic E-state index is 12.4. The van der Waals surface area contributed by atoms with Crippen LogP contribution in [0.3, 0.4) is 0 Å². The molecule has 0 saturated carbocycles. The average Bonchev–Trinajstić information content (AvgIpc) is 2.58. The van der Waals surface area contributed by atoms with Crippen molar-refractivity contribution in [3.05, 3.63) is 35.4 Å². The first-order valence-corrected chi connectivity index (χ1v) is 8.66. The summed E-state index contributed by atoms with van der Waals surface area (Å²) in [6.07, 6.45) is 5.26. The topological polar surface area (TPSA) is 57.6 Å². The second-order valence-corrected chi connectivity index (χ2v) is 6.45. The highest BCUT2D eigenvalue weighted by Crippen LogP contribution is 2.22. The lowest BCUT2D eigenvalue weighted by atomic mass is 9.93. The number of likely N-dealkylation sites (tertiary alicyclic amines) is 1. The summed E-state index contributed by atoms with van der Waals surface area (Å²) in [5.41, 5.74) is 2.52. The third kappa shape index (κ3) is 5.70. The fourth-order valence-electron chi connectivity index (χ4n) is 3.21. The number of rotatable bonds is 7. The van der Waals surface area contributed by atoms with Crippen LogP contribution in [0.5, 0.6) is 0 Å². The molecule has 0 radical (unpaired) electrons. The van der Waals surface area contributed by atoms with Gasteiger partial charge in [-0.1, -0.05) is 31.2 Å². The van der Waals surface area contributed by atoms with Crippen LogP contribution in [-0.2, 0) is 22.4 Å². The van der Waals surface area contributed by atoms with Gasteiger partial charge in [0.1, 0.15) is 0 Å². The zero-order valence-corrected chi connectivity index (χ0v) is 14.0. The molecule has 1 aromatic rings. The second-order valence-electron chi connectivity index (χ2n) is 6.45. The van der Waals surface area contributed by atoms with Crippen LogP contribution in [0.25, 0.3) is 0 Å². The molecule has 0 aromatic heterocycles. The number of carboxylic acids is 1. The molecule has 4 heteroatoms. The van der Waals surface area contributed by atoms with Crippen molar-refractivity contribution in [1.82, 2.24) is 4.90 Å². The number of piperidine rings is 1. The number of aryl methyl sites for hydroxylation is 2. The Morgan fingerprint density at radius 1 is 1.17 bits per heavy atom. The van der Waals surface area contributed by atoms with Crippen LogP contribution in [0.4, 0.5) is 0 Å². The van der Waals surface area contributed by atoms with Gasteiger partial charge in [0.15, 0.2) is 0 Å². The number of hydrogen-bond acceptors (Lipinski definition) is 2. The molecule has 1 amide bonds. The molecular formula is C19H27NO3. The highest BCUT2D eigenvalue weighted by atomic mass is 16.4. The molecule has 0 bridgehead atoms. The maximum Gasteiger partial charge on any atom is 0.303 e. The zero-order chi connectivity index (χ0) is 16.7. The van der Waals surface area contributed by atoms with Gasteiger partial charge in [0.05, 0.1) is 0 Å². The smallest absolute Gasteiger partial charge is 0.303 e. The number of carbonyl (C=O) groups excluding carboxylic acids is 1. The first kappa shape index (κ1) is 17.5. The van der Waals surface area contributed by atoms with Gasteiger partial charge in [-0.15, -0.1) is 0 Å². The number of carboxylic acid groups (broad SMARTS) is 1. The molecule has 0 spiro atoms. The summed E-state index contributed by atoms with van der Waals surface area (Å²) in [6.45, 7) is 3.67. The van der Waals surface area contributed by atoms with E-state index in [9.17, 15) is 9.59 Å². The molecule has 1 fully saturated rings. The summed E-state index contributed by atoms with van der Waals surface area (Å²) in [5.74, 6) is -0.207. The molecule has 1 N–H and O–H groups in total. The van der Waals surface area contributed by atoms with E-state index >= 15 is 0 Å². The molecule has 1 unspecified atom stereocenters. The summed E-state index contributed by atoms with van der Waals surface area (Å²) in [6, 6.07) is 8.47. The summed E-state index contributed by atoms with van der Waals surface area (Å²) in [5, 5.41) is 8.79. The Hall–Kier alpha value is -1.84. The van der Waals surface area contributed by atoms with Crippen LogP contribution in [0.1, 0.15) is 50.2 Å². The molecule has 1 heterocycles. The zero-order valence-electron chi connectivity index (χ0n) is 14.0. The van der Waals surface area contributed by atoms with Crippen molar-refractivity contribution in [1.29, 1.82) is 0 Å². The first-order valence-electron chi connectivity index (χ1n) is 8.66. The van der Waals surface area contributed by atoms with Crippen molar-refractivity contribution < 1.29 is 14.7 Å². The third-order valence-corrected chi connectivity index (χ3v) is 4.70. The van der Waals surface area contributed by atoms with Crippen LogP contribution in [0.2, 0.25) is 0 Å².